The Morgan fingerprint density at radius 1 is 1.06 bits per heavy atom. The van der Waals surface area contributed by atoms with Gasteiger partial charge in [0.05, 0.1) is 29.8 Å². The summed E-state index contributed by atoms with van der Waals surface area (Å²) in [5.41, 5.74) is -2.35. The van der Waals surface area contributed by atoms with Crippen LogP contribution in [-0.4, -0.2) is 62.5 Å². The van der Waals surface area contributed by atoms with Gasteiger partial charge in [-0.15, -0.1) is 0 Å². The van der Waals surface area contributed by atoms with E-state index >= 15 is 0 Å². The van der Waals surface area contributed by atoms with Crippen LogP contribution in [0, 0.1) is 28.6 Å². The lowest BCUT2D eigenvalue weighted by Gasteiger charge is -2.65. The van der Waals surface area contributed by atoms with Crippen LogP contribution >= 0.6 is 0 Å². The lowest BCUT2D eigenvalue weighted by atomic mass is 9.41. The van der Waals surface area contributed by atoms with Gasteiger partial charge >= 0.3 is 11.9 Å². The third kappa shape index (κ3) is 4.17. The van der Waals surface area contributed by atoms with Gasteiger partial charge in [0.2, 0.25) is 6.61 Å². The third-order valence-electron chi connectivity index (χ3n) is 10.3. The zero-order valence-electron chi connectivity index (χ0n) is 21.6. The number of ether oxygens (including phenoxy) is 1. The van der Waals surface area contributed by atoms with Crippen LogP contribution < -0.4 is 0 Å². The maximum Gasteiger partial charge on any atom is 0.344 e. The van der Waals surface area contributed by atoms with Crippen LogP contribution in [0.4, 0.5) is 0 Å². The molecule has 9 nitrogen and oxygen atoms in total. The number of hydrogen-bond acceptors (Lipinski definition) is 8. The molecule has 4 fully saturated rings. The molecular weight excluding hydrogens is 466 g/mol. The van der Waals surface area contributed by atoms with E-state index in [4.69, 9.17) is 14.7 Å². The predicted molar refractivity (Wildman–Crippen MR) is 131 cm³/mol. The van der Waals surface area contributed by atoms with Gasteiger partial charge in [0, 0.05) is 24.2 Å². The first-order chi connectivity index (χ1) is 16.9. The van der Waals surface area contributed by atoms with Crippen LogP contribution in [0.3, 0.4) is 0 Å². The van der Waals surface area contributed by atoms with Gasteiger partial charge in [0.25, 0.3) is 0 Å². The zero-order valence-corrected chi connectivity index (χ0v) is 21.6. The summed E-state index contributed by atoms with van der Waals surface area (Å²) < 4.78 is 5.24. The minimum absolute atomic E-state index is 0.0831. The first-order valence-corrected chi connectivity index (χ1v) is 13.3. The summed E-state index contributed by atoms with van der Waals surface area (Å²) in [5.74, 6) is -1.57. The highest BCUT2D eigenvalue weighted by atomic mass is 16.6. The number of allylic oxidation sites excluding steroid dienone is 1. The van der Waals surface area contributed by atoms with Gasteiger partial charge in [-0.3, -0.25) is 4.79 Å². The average molecular weight is 508 g/mol. The summed E-state index contributed by atoms with van der Waals surface area (Å²) in [6, 6.07) is 0. The molecule has 4 N–H and O–H groups in total. The number of aliphatic hydroxyl groups is 3. The monoisotopic (exact) mass is 507 g/mol. The zero-order chi connectivity index (χ0) is 26.4. The van der Waals surface area contributed by atoms with E-state index in [1.165, 1.54) is 6.92 Å². The molecule has 0 aromatic carbocycles. The summed E-state index contributed by atoms with van der Waals surface area (Å²) in [5, 5.41) is 47.7. The Hall–Kier alpha value is -1.97. The molecule has 0 bridgehead atoms. The SMILES string of the molecule is CC/C(=C\OC(C)=O)[C@H]1CC[C@]2(O)[C@@H]3CC[C@]4(O)C[C@@H](O)CC[C@]4(/C=N/OCC(=O)O)C3CC[C@]12C. The van der Waals surface area contributed by atoms with Crippen molar-refractivity contribution in [2.75, 3.05) is 6.61 Å². The van der Waals surface area contributed by atoms with Crippen molar-refractivity contribution in [3.63, 3.8) is 0 Å². The number of oxime groups is 1. The van der Waals surface area contributed by atoms with E-state index < -0.39 is 40.7 Å². The molecule has 0 saturated heterocycles. The molecule has 0 heterocycles. The fraction of sp³-hybridized carbons (Fsp3) is 0.815. The number of carboxylic acids is 1. The Balaban J connectivity index is 1.69. The normalized spacial score (nSPS) is 44.4. The minimum Gasteiger partial charge on any atom is -0.479 e. The minimum atomic E-state index is -1.20. The summed E-state index contributed by atoms with van der Waals surface area (Å²) in [6.45, 7) is 5.01. The molecule has 202 valence electrons. The first-order valence-electron chi connectivity index (χ1n) is 13.3. The maximum absolute atomic E-state index is 12.4. The molecular formula is C27H41NO8. The van der Waals surface area contributed by atoms with Crippen molar-refractivity contribution in [2.45, 2.75) is 102 Å². The fourth-order valence-corrected chi connectivity index (χ4v) is 8.56. The highest BCUT2D eigenvalue weighted by Gasteiger charge is 2.71. The first kappa shape index (κ1) is 27.1. The fourth-order valence-electron chi connectivity index (χ4n) is 8.56. The van der Waals surface area contributed by atoms with Gasteiger partial charge in [-0.25, -0.2) is 4.79 Å². The molecule has 36 heavy (non-hydrogen) atoms. The number of nitrogens with zero attached hydrogens (tertiary/aromatic N) is 1. The van der Waals surface area contributed by atoms with E-state index in [-0.39, 0.29) is 30.1 Å². The van der Waals surface area contributed by atoms with Crippen molar-refractivity contribution < 1.29 is 39.6 Å². The number of fused-ring (bicyclic) bond motifs is 5. The molecule has 0 spiro atoms. The van der Waals surface area contributed by atoms with Crippen molar-refractivity contribution in [3.8, 4) is 0 Å². The number of carbonyl (C=O) groups excluding carboxylic acids is 1. The van der Waals surface area contributed by atoms with E-state index in [2.05, 4.69) is 12.1 Å². The van der Waals surface area contributed by atoms with Crippen molar-refractivity contribution in [1.82, 2.24) is 0 Å². The van der Waals surface area contributed by atoms with Gasteiger partial charge in [0.15, 0.2) is 0 Å². The van der Waals surface area contributed by atoms with Crippen LogP contribution in [-0.2, 0) is 19.2 Å². The van der Waals surface area contributed by atoms with Crippen LogP contribution in [0.2, 0.25) is 0 Å². The molecule has 9 heteroatoms. The Bertz CT molecular complexity index is 935. The molecule has 0 aromatic rings. The van der Waals surface area contributed by atoms with Crippen molar-refractivity contribution in [3.05, 3.63) is 11.8 Å². The van der Waals surface area contributed by atoms with E-state index in [1.807, 2.05) is 6.92 Å². The largest absolute Gasteiger partial charge is 0.479 e. The molecule has 0 aliphatic heterocycles. The van der Waals surface area contributed by atoms with E-state index in [0.717, 1.165) is 31.3 Å². The molecule has 4 aliphatic carbocycles. The number of aliphatic carboxylic acids is 1. The van der Waals surface area contributed by atoms with Crippen LogP contribution in [0.25, 0.3) is 0 Å². The van der Waals surface area contributed by atoms with Gasteiger partial charge in [-0.05, 0) is 81.1 Å². The lowest BCUT2D eigenvalue weighted by Crippen LogP contribution is -2.68. The van der Waals surface area contributed by atoms with E-state index in [0.29, 0.717) is 32.1 Å². The number of carbonyl (C=O) groups is 2. The predicted octanol–water partition coefficient (Wildman–Crippen LogP) is 3.16. The molecule has 0 radical (unpaired) electrons. The molecule has 4 aliphatic rings. The van der Waals surface area contributed by atoms with Gasteiger partial charge < -0.3 is 30.0 Å². The van der Waals surface area contributed by atoms with Crippen molar-refractivity contribution in [1.29, 1.82) is 0 Å². The molecule has 4 saturated carbocycles. The third-order valence-corrected chi connectivity index (χ3v) is 10.3. The van der Waals surface area contributed by atoms with Gasteiger partial charge in [-0.1, -0.05) is 19.0 Å². The standard InChI is InChI=1S/C27H41NO8/c1-4-18(14-35-17(2)29)20-8-12-27(34)22-7-11-26(33)13-19(30)5-10-25(26,16-28-36-15-23(31)32)21(22)6-9-24(20,27)3/h14,16,19-22,30,33-34H,4-13,15H2,1-3H3,(H,31,32)/b18-14+,28-16+/t19-,20+,21?,22+,24+,25-,26-,27-/m0/s1. The van der Waals surface area contributed by atoms with Crippen molar-refractivity contribution >= 4 is 18.2 Å². The van der Waals surface area contributed by atoms with Gasteiger partial charge in [0.1, 0.15) is 0 Å². The Morgan fingerprint density at radius 2 is 1.78 bits per heavy atom. The van der Waals surface area contributed by atoms with Gasteiger partial charge in [-0.2, -0.15) is 0 Å². The molecule has 0 amide bonds. The second-order valence-electron chi connectivity index (χ2n) is 11.7. The number of hydrogen-bond donors (Lipinski definition) is 4. The van der Waals surface area contributed by atoms with Crippen LogP contribution in [0.1, 0.15) is 85.0 Å². The van der Waals surface area contributed by atoms with E-state index in [9.17, 15) is 24.9 Å². The number of aliphatic hydroxyl groups excluding tert-OH is 1. The van der Waals surface area contributed by atoms with Crippen LogP contribution in [0.15, 0.2) is 17.0 Å². The number of rotatable bonds is 7. The summed E-state index contributed by atoms with van der Waals surface area (Å²) in [6.07, 6.45) is 8.47. The number of esters is 1. The average Bonchev–Trinajstić information content (AvgIpc) is 3.08. The second kappa shape index (κ2) is 9.72. The smallest absolute Gasteiger partial charge is 0.344 e. The Kier molecular flexibility index (Phi) is 7.31. The second-order valence-corrected chi connectivity index (χ2v) is 11.7. The topological polar surface area (TPSA) is 146 Å². The summed E-state index contributed by atoms with van der Waals surface area (Å²) >= 11 is 0. The molecule has 8 atom stereocenters. The Labute approximate surface area is 212 Å². The quantitative estimate of drug-likeness (QED) is 0.178. The summed E-state index contributed by atoms with van der Waals surface area (Å²) in [7, 11) is 0. The highest BCUT2D eigenvalue weighted by molar-refractivity contribution is 5.70. The molecule has 0 aromatic heterocycles. The summed E-state index contributed by atoms with van der Waals surface area (Å²) in [4.78, 5) is 27.4. The molecule has 1 unspecified atom stereocenters. The number of carboxylic acid groups (broad SMARTS) is 1. The molecule has 4 rings (SSSR count). The van der Waals surface area contributed by atoms with Crippen LogP contribution in [0.5, 0.6) is 0 Å². The maximum atomic E-state index is 12.4. The highest BCUT2D eigenvalue weighted by Crippen LogP contribution is 2.70. The van der Waals surface area contributed by atoms with E-state index in [1.54, 1.807) is 12.5 Å². The van der Waals surface area contributed by atoms with Crippen molar-refractivity contribution in [2.24, 2.45) is 33.7 Å². The Morgan fingerprint density at radius 3 is 2.44 bits per heavy atom. The lowest BCUT2D eigenvalue weighted by molar-refractivity contribution is -0.237.